The molecule has 0 aliphatic carbocycles. The lowest BCUT2D eigenvalue weighted by Gasteiger charge is -2.31. The standard InChI is InChI=1S/C18H28N2O/c1-13(2)16-5-7-17(8-6-16)19-18(21)15(4)20-11-9-14(3)10-12-20/h5-8,13-15H,9-12H2,1-4H3,(H,19,21)/p+1/t15-/m0/s1. The Kier molecular flexibility index (Phi) is 5.40. The topological polar surface area (TPSA) is 33.5 Å². The maximum absolute atomic E-state index is 12.4. The molecule has 1 fully saturated rings. The van der Waals surface area contributed by atoms with Crippen LogP contribution < -0.4 is 10.2 Å². The summed E-state index contributed by atoms with van der Waals surface area (Å²) in [5, 5.41) is 3.06. The van der Waals surface area contributed by atoms with Gasteiger partial charge in [0.05, 0.1) is 13.1 Å². The van der Waals surface area contributed by atoms with Crippen LogP contribution in [-0.4, -0.2) is 25.0 Å². The molecule has 0 aromatic heterocycles. The zero-order chi connectivity index (χ0) is 15.4. The van der Waals surface area contributed by atoms with Crippen molar-refractivity contribution in [1.29, 1.82) is 0 Å². The molecule has 0 saturated carbocycles. The van der Waals surface area contributed by atoms with Gasteiger partial charge in [0.25, 0.3) is 5.91 Å². The fourth-order valence-corrected chi connectivity index (χ4v) is 2.95. The molecule has 1 aliphatic rings. The number of hydrogen-bond donors (Lipinski definition) is 2. The van der Waals surface area contributed by atoms with Crippen LogP contribution in [0.25, 0.3) is 0 Å². The number of piperidine rings is 1. The average molecular weight is 289 g/mol. The van der Waals surface area contributed by atoms with Crippen LogP contribution in [-0.2, 0) is 4.79 Å². The van der Waals surface area contributed by atoms with Crippen molar-refractivity contribution in [3.63, 3.8) is 0 Å². The van der Waals surface area contributed by atoms with Crippen LogP contribution in [0.4, 0.5) is 5.69 Å². The normalized spacial score (nSPS) is 23.9. The molecule has 1 aromatic carbocycles. The summed E-state index contributed by atoms with van der Waals surface area (Å²) in [6.45, 7) is 10.9. The lowest BCUT2D eigenvalue weighted by molar-refractivity contribution is -0.919. The molecule has 2 N–H and O–H groups in total. The monoisotopic (exact) mass is 289 g/mol. The molecule has 1 heterocycles. The number of quaternary nitrogens is 1. The Morgan fingerprint density at radius 1 is 1.14 bits per heavy atom. The van der Waals surface area contributed by atoms with Crippen molar-refractivity contribution in [2.45, 2.75) is 52.5 Å². The number of likely N-dealkylation sites (tertiary alicyclic amines) is 1. The summed E-state index contributed by atoms with van der Waals surface area (Å²) in [7, 11) is 0. The molecule has 0 radical (unpaired) electrons. The van der Waals surface area contributed by atoms with E-state index in [4.69, 9.17) is 0 Å². The van der Waals surface area contributed by atoms with Gasteiger partial charge in [0.1, 0.15) is 0 Å². The van der Waals surface area contributed by atoms with Crippen LogP contribution in [0, 0.1) is 5.92 Å². The van der Waals surface area contributed by atoms with Crippen LogP contribution in [0.15, 0.2) is 24.3 Å². The molecule has 3 nitrogen and oxygen atoms in total. The first kappa shape index (κ1) is 16.0. The van der Waals surface area contributed by atoms with Gasteiger partial charge in [-0.1, -0.05) is 32.9 Å². The second kappa shape index (κ2) is 7.08. The molecule has 1 amide bonds. The lowest BCUT2D eigenvalue weighted by atomic mass is 9.98. The predicted molar refractivity (Wildman–Crippen MR) is 87.7 cm³/mol. The van der Waals surface area contributed by atoms with Gasteiger partial charge in [-0.3, -0.25) is 4.79 Å². The van der Waals surface area contributed by atoms with Crippen LogP contribution in [0.5, 0.6) is 0 Å². The van der Waals surface area contributed by atoms with Crippen LogP contribution >= 0.6 is 0 Å². The number of rotatable bonds is 4. The Balaban J connectivity index is 1.91. The summed E-state index contributed by atoms with van der Waals surface area (Å²) in [6, 6.07) is 8.24. The van der Waals surface area contributed by atoms with Gasteiger partial charge in [0.2, 0.25) is 0 Å². The van der Waals surface area contributed by atoms with Crippen LogP contribution in [0.2, 0.25) is 0 Å². The summed E-state index contributed by atoms with van der Waals surface area (Å²) in [6.07, 6.45) is 2.46. The van der Waals surface area contributed by atoms with E-state index in [1.807, 2.05) is 19.1 Å². The minimum absolute atomic E-state index is 0.0299. The zero-order valence-corrected chi connectivity index (χ0v) is 13.8. The van der Waals surface area contributed by atoms with Gasteiger partial charge in [0, 0.05) is 5.69 Å². The number of nitrogens with one attached hydrogen (secondary N) is 2. The van der Waals surface area contributed by atoms with Crippen molar-refractivity contribution < 1.29 is 9.69 Å². The third-order valence-electron chi connectivity index (χ3n) is 4.77. The van der Waals surface area contributed by atoms with E-state index in [0.29, 0.717) is 5.92 Å². The summed E-state index contributed by atoms with van der Waals surface area (Å²) in [5.74, 6) is 1.47. The first-order valence-corrected chi connectivity index (χ1v) is 8.22. The highest BCUT2D eigenvalue weighted by molar-refractivity contribution is 5.93. The highest BCUT2D eigenvalue weighted by atomic mass is 16.2. The third kappa shape index (κ3) is 4.31. The van der Waals surface area contributed by atoms with Crippen molar-refractivity contribution in [2.24, 2.45) is 5.92 Å². The zero-order valence-electron chi connectivity index (χ0n) is 13.8. The number of anilines is 1. The number of carbonyl (C=O) groups excluding carboxylic acids is 1. The number of hydrogen-bond acceptors (Lipinski definition) is 1. The van der Waals surface area contributed by atoms with Crippen molar-refractivity contribution in [3.05, 3.63) is 29.8 Å². The maximum atomic E-state index is 12.4. The van der Waals surface area contributed by atoms with E-state index in [0.717, 1.165) is 24.7 Å². The van der Waals surface area contributed by atoms with Gasteiger partial charge in [-0.15, -0.1) is 0 Å². The molecule has 1 aliphatic heterocycles. The molecule has 3 heteroatoms. The van der Waals surface area contributed by atoms with Crippen molar-refractivity contribution >= 4 is 11.6 Å². The molecule has 21 heavy (non-hydrogen) atoms. The molecule has 1 saturated heterocycles. The molecule has 116 valence electrons. The minimum atomic E-state index is 0.0299. The van der Waals surface area contributed by atoms with Crippen LogP contribution in [0.3, 0.4) is 0 Å². The van der Waals surface area contributed by atoms with Crippen molar-refractivity contribution in [1.82, 2.24) is 0 Å². The lowest BCUT2D eigenvalue weighted by Crippen LogP contribution is -3.17. The van der Waals surface area contributed by atoms with Gasteiger partial charge in [0.15, 0.2) is 6.04 Å². The first-order chi connectivity index (χ1) is 9.97. The van der Waals surface area contributed by atoms with E-state index in [2.05, 4.69) is 38.2 Å². The van der Waals surface area contributed by atoms with Gasteiger partial charge < -0.3 is 10.2 Å². The molecule has 0 spiro atoms. The van der Waals surface area contributed by atoms with Crippen LogP contribution in [0.1, 0.15) is 52.0 Å². The predicted octanol–water partition coefficient (Wildman–Crippen LogP) is 2.45. The fraction of sp³-hybridized carbons (Fsp3) is 0.611. The molecular weight excluding hydrogens is 260 g/mol. The van der Waals surface area contributed by atoms with E-state index >= 15 is 0 Å². The molecule has 0 unspecified atom stereocenters. The summed E-state index contributed by atoms with van der Waals surface area (Å²) < 4.78 is 0. The van der Waals surface area contributed by atoms with E-state index in [-0.39, 0.29) is 11.9 Å². The van der Waals surface area contributed by atoms with Crippen molar-refractivity contribution in [2.75, 3.05) is 18.4 Å². The van der Waals surface area contributed by atoms with Gasteiger partial charge in [-0.05, 0) is 49.3 Å². The Hall–Kier alpha value is -1.35. The number of carbonyl (C=O) groups is 1. The van der Waals surface area contributed by atoms with Crippen molar-refractivity contribution in [3.8, 4) is 0 Å². The quantitative estimate of drug-likeness (QED) is 0.877. The highest BCUT2D eigenvalue weighted by Gasteiger charge is 2.28. The Bertz CT molecular complexity index is 459. The molecule has 2 rings (SSSR count). The summed E-state index contributed by atoms with van der Waals surface area (Å²) in [5.41, 5.74) is 2.21. The largest absolute Gasteiger partial charge is 0.325 e. The molecular formula is C18H29N2O+. The second-order valence-corrected chi connectivity index (χ2v) is 6.83. The average Bonchev–Trinajstić information content (AvgIpc) is 2.47. The summed E-state index contributed by atoms with van der Waals surface area (Å²) in [4.78, 5) is 13.8. The third-order valence-corrected chi connectivity index (χ3v) is 4.77. The number of amides is 1. The Morgan fingerprint density at radius 2 is 1.71 bits per heavy atom. The smallest absolute Gasteiger partial charge is 0.282 e. The van der Waals surface area contributed by atoms with E-state index in [1.54, 1.807) is 0 Å². The van der Waals surface area contributed by atoms with Gasteiger partial charge >= 0.3 is 0 Å². The Labute approximate surface area is 128 Å². The van der Waals surface area contributed by atoms with Gasteiger partial charge in [-0.25, -0.2) is 0 Å². The molecule has 0 bridgehead atoms. The molecule has 1 aromatic rings. The van der Waals surface area contributed by atoms with E-state index in [9.17, 15) is 4.79 Å². The highest BCUT2D eigenvalue weighted by Crippen LogP contribution is 2.17. The molecule has 1 atom stereocenters. The second-order valence-electron chi connectivity index (χ2n) is 6.83. The number of benzene rings is 1. The first-order valence-electron chi connectivity index (χ1n) is 8.22. The van der Waals surface area contributed by atoms with Gasteiger partial charge in [-0.2, -0.15) is 0 Å². The maximum Gasteiger partial charge on any atom is 0.282 e. The summed E-state index contributed by atoms with van der Waals surface area (Å²) >= 11 is 0. The minimum Gasteiger partial charge on any atom is -0.325 e. The van der Waals surface area contributed by atoms with E-state index in [1.165, 1.54) is 23.3 Å². The fourth-order valence-electron chi connectivity index (χ4n) is 2.95. The Morgan fingerprint density at radius 3 is 2.24 bits per heavy atom. The SMILES string of the molecule is CC1CC[NH+]([C@@H](C)C(=O)Nc2ccc(C(C)C)cc2)CC1. The van der Waals surface area contributed by atoms with E-state index < -0.39 is 0 Å².